The van der Waals surface area contributed by atoms with Crippen LogP contribution in [0.5, 0.6) is 0 Å². The summed E-state index contributed by atoms with van der Waals surface area (Å²) in [5.74, 6) is -5.05. The summed E-state index contributed by atoms with van der Waals surface area (Å²) in [6, 6.07) is 1.71. The van der Waals surface area contributed by atoms with Crippen LogP contribution in [0.2, 0.25) is 0 Å². The van der Waals surface area contributed by atoms with E-state index < -0.39 is 34.5 Å². The Morgan fingerprint density at radius 3 is 2.58 bits per heavy atom. The molecule has 0 bridgehead atoms. The molecule has 1 aromatic carbocycles. The molecule has 19 heavy (non-hydrogen) atoms. The van der Waals surface area contributed by atoms with Gasteiger partial charge >= 0.3 is 0 Å². The molecule has 0 aliphatic carbocycles. The van der Waals surface area contributed by atoms with Gasteiger partial charge in [-0.3, -0.25) is 4.79 Å². The van der Waals surface area contributed by atoms with E-state index in [-0.39, 0.29) is 6.54 Å². The van der Waals surface area contributed by atoms with Gasteiger partial charge in [0.2, 0.25) is 0 Å². The molecule has 2 rings (SSSR count). The van der Waals surface area contributed by atoms with Crippen molar-refractivity contribution in [3.05, 3.63) is 35.1 Å². The Balaban J connectivity index is 2.37. The van der Waals surface area contributed by atoms with Gasteiger partial charge in [0.15, 0.2) is 17.5 Å². The number of hydrogen-bond acceptors (Lipinski definition) is 2. The second kappa shape index (κ2) is 4.85. The fourth-order valence-electron chi connectivity index (χ4n) is 2.07. The van der Waals surface area contributed by atoms with Gasteiger partial charge < -0.3 is 9.64 Å². The van der Waals surface area contributed by atoms with Crippen molar-refractivity contribution < 1.29 is 22.7 Å². The SMILES string of the molecule is CC1(C)COCCN1C(=O)c1ccc(F)c(F)c1F. The smallest absolute Gasteiger partial charge is 0.257 e. The molecule has 0 atom stereocenters. The zero-order valence-electron chi connectivity index (χ0n) is 10.7. The van der Waals surface area contributed by atoms with Gasteiger partial charge in [0, 0.05) is 6.54 Å². The number of benzene rings is 1. The Morgan fingerprint density at radius 1 is 1.26 bits per heavy atom. The molecule has 104 valence electrons. The summed E-state index contributed by atoms with van der Waals surface area (Å²) in [7, 11) is 0. The van der Waals surface area contributed by atoms with E-state index >= 15 is 0 Å². The normalized spacial score (nSPS) is 18.5. The molecule has 0 N–H and O–H groups in total. The summed E-state index contributed by atoms with van der Waals surface area (Å²) in [6.07, 6.45) is 0. The molecule has 0 saturated carbocycles. The van der Waals surface area contributed by atoms with Crippen LogP contribution in [0.25, 0.3) is 0 Å². The highest BCUT2D eigenvalue weighted by atomic mass is 19.2. The number of carbonyl (C=O) groups excluding carboxylic acids is 1. The van der Waals surface area contributed by atoms with Gasteiger partial charge in [-0.25, -0.2) is 13.2 Å². The molecule has 3 nitrogen and oxygen atoms in total. The van der Waals surface area contributed by atoms with E-state index in [9.17, 15) is 18.0 Å². The Labute approximate surface area is 109 Å². The van der Waals surface area contributed by atoms with Crippen molar-refractivity contribution in [1.82, 2.24) is 4.90 Å². The number of hydrogen-bond donors (Lipinski definition) is 0. The minimum absolute atomic E-state index is 0.282. The number of ether oxygens (including phenoxy) is 1. The molecular weight excluding hydrogens is 259 g/mol. The molecule has 1 aliphatic rings. The van der Waals surface area contributed by atoms with Crippen LogP contribution < -0.4 is 0 Å². The largest absolute Gasteiger partial charge is 0.377 e. The first-order valence-corrected chi connectivity index (χ1v) is 5.88. The van der Waals surface area contributed by atoms with Crippen molar-refractivity contribution in [1.29, 1.82) is 0 Å². The second-order valence-corrected chi connectivity index (χ2v) is 5.04. The Hall–Kier alpha value is -1.56. The summed E-state index contributed by atoms with van der Waals surface area (Å²) in [5, 5.41) is 0. The number of carbonyl (C=O) groups is 1. The average Bonchev–Trinajstić information content (AvgIpc) is 2.35. The van der Waals surface area contributed by atoms with E-state index in [2.05, 4.69) is 0 Å². The van der Waals surface area contributed by atoms with Gasteiger partial charge in [-0.1, -0.05) is 0 Å². The van der Waals surface area contributed by atoms with Crippen molar-refractivity contribution in [2.24, 2.45) is 0 Å². The maximum absolute atomic E-state index is 13.6. The number of morpholine rings is 1. The highest BCUT2D eigenvalue weighted by Gasteiger charge is 2.36. The topological polar surface area (TPSA) is 29.5 Å². The summed E-state index contributed by atoms with van der Waals surface area (Å²) < 4.78 is 44.9. The highest BCUT2D eigenvalue weighted by molar-refractivity contribution is 5.95. The first-order valence-electron chi connectivity index (χ1n) is 5.88. The molecule has 0 radical (unpaired) electrons. The predicted molar refractivity (Wildman–Crippen MR) is 62.3 cm³/mol. The highest BCUT2D eigenvalue weighted by Crippen LogP contribution is 2.24. The maximum atomic E-state index is 13.6. The maximum Gasteiger partial charge on any atom is 0.257 e. The molecule has 0 unspecified atom stereocenters. The van der Waals surface area contributed by atoms with Crippen LogP contribution in [0.4, 0.5) is 13.2 Å². The molecule has 1 aromatic rings. The van der Waals surface area contributed by atoms with E-state index in [1.807, 2.05) is 0 Å². The first kappa shape index (κ1) is 13.9. The summed E-state index contributed by atoms with van der Waals surface area (Å²) in [5.41, 5.74) is -1.08. The molecule has 1 fully saturated rings. The van der Waals surface area contributed by atoms with E-state index in [1.165, 1.54) is 4.90 Å². The van der Waals surface area contributed by atoms with Gasteiger partial charge in [0.05, 0.1) is 24.3 Å². The van der Waals surface area contributed by atoms with Crippen molar-refractivity contribution >= 4 is 5.91 Å². The number of nitrogens with zero attached hydrogens (tertiary/aromatic N) is 1. The number of amides is 1. The third-order valence-electron chi connectivity index (χ3n) is 3.16. The first-order chi connectivity index (χ1) is 8.84. The fourth-order valence-corrected chi connectivity index (χ4v) is 2.07. The van der Waals surface area contributed by atoms with Crippen LogP contribution in [0.15, 0.2) is 12.1 Å². The lowest BCUT2D eigenvalue weighted by atomic mass is 10.0. The summed E-state index contributed by atoms with van der Waals surface area (Å²) in [4.78, 5) is 13.6. The minimum atomic E-state index is -1.63. The van der Waals surface area contributed by atoms with Crippen LogP contribution in [0, 0.1) is 17.5 Å². The average molecular weight is 273 g/mol. The lowest BCUT2D eigenvalue weighted by molar-refractivity contribution is -0.0372. The molecule has 1 heterocycles. The third kappa shape index (κ3) is 2.45. The van der Waals surface area contributed by atoms with Gasteiger partial charge in [-0.2, -0.15) is 0 Å². The van der Waals surface area contributed by atoms with E-state index in [0.717, 1.165) is 12.1 Å². The zero-order chi connectivity index (χ0) is 14.2. The minimum Gasteiger partial charge on any atom is -0.377 e. The standard InChI is InChI=1S/C13H14F3NO2/c1-13(2)7-19-6-5-17(13)12(18)8-3-4-9(14)11(16)10(8)15/h3-4H,5-7H2,1-2H3. The third-order valence-corrected chi connectivity index (χ3v) is 3.16. The molecule has 1 amide bonds. The lowest BCUT2D eigenvalue weighted by Crippen LogP contribution is -2.55. The van der Waals surface area contributed by atoms with Gasteiger partial charge in [0.25, 0.3) is 5.91 Å². The van der Waals surface area contributed by atoms with Gasteiger partial charge in [0.1, 0.15) is 0 Å². The van der Waals surface area contributed by atoms with E-state index in [0.29, 0.717) is 13.2 Å². The van der Waals surface area contributed by atoms with Crippen LogP contribution in [0.1, 0.15) is 24.2 Å². The Kier molecular flexibility index (Phi) is 3.54. The monoisotopic (exact) mass is 273 g/mol. The lowest BCUT2D eigenvalue weighted by Gasteiger charge is -2.42. The fraction of sp³-hybridized carbons (Fsp3) is 0.462. The Morgan fingerprint density at radius 2 is 1.95 bits per heavy atom. The molecular formula is C13H14F3NO2. The quantitative estimate of drug-likeness (QED) is 0.735. The number of rotatable bonds is 1. The summed E-state index contributed by atoms with van der Waals surface area (Å²) >= 11 is 0. The molecule has 6 heteroatoms. The predicted octanol–water partition coefficient (Wildman–Crippen LogP) is 2.35. The second-order valence-electron chi connectivity index (χ2n) is 5.04. The van der Waals surface area contributed by atoms with Crippen LogP contribution in [-0.2, 0) is 4.74 Å². The van der Waals surface area contributed by atoms with Crippen LogP contribution >= 0.6 is 0 Å². The van der Waals surface area contributed by atoms with Crippen molar-refractivity contribution in [2.75, 3.05) is 19.8 Å². The molecule has 0 spiro atoms. The molecule has 1 aliphatic heterocycles. The van der Waals surface area contributed by atoms with Crippen LogP contribution in [-0.4, -0.2) is 36.1 Å². The Bertz CT molecular complexity index is 517. The van der Waals surface area contributed by atoms with Crippen molar-refractivity contribution in [3.8, 4) is 0 Å². The van der Waals surface area contributed by atoms with Crippen LogP contribution in [0.3, 0.4) is 0 Å². The van der Waals surface area contributed by atoms with Crippen molar-refractivity contribution in [3.63, 3.8) is 0 Å². The van der Waals surface area contributed by atoms with E-state index in [1.54, 1.807) is 13.8 Å². The van der Waals surface area contributed by atoms with E-state index in [4.69, 9.17) is 4.74 Å². The molecule has 0 aromatic heterocycles. The zero-order valence-corrected chi connectivity index (χ0v) is 10.7. The molecule has 1 saturated heterocycles. The van der Waals surface area contributed by atoms with Gasteiger partial charge in [-0.15, -0.1) is 0 Å². The summed E-state index contributed by atoms with van der Waals surface area (Å²) in [6.45, 7) is 4.46. The van der Waals surface area contributed by atoms with Crippen molar-refractivity contribution in [2.45, 2.75) is 19.4 Å². The number of halogens is 3. The van der Waals surface area contributed by atoms with Gasteiger partial charge in [-0.05, 0) is 26.0 Å².